The normalized spacial score (nSPS) is 11.5. The molecule has 0 fully saturated rings. The minimum Gasteiger partial charge on any atom is -0.321 e. The first-order chi connectivity index (χ1) is 18.6. The summed E-state index contributed by atoms with van der Waals surface area (Å²) in [5.41, 5.74) is 4.25. The molecule has 0 saturated heterocycles. The van der Waals surface area contributed by atoms with Gasteiger partial charge in [0.05, 0.1) is 40.4 Å². The number of rotatable bonds is 7. The van der Waals surface area contributed by atoms with Crippen molar-refractivity contribution < 1.29 is 13.6 Å². The van der Waals surface area contributed by atoms with E-state index in [4.69, 9.17) is 23.2 Å². The number of carbonyl (C=O) groups is 1. The predicted octanol–water partition coefficient (Wildman–Crippen LogP) is 7.15. The number of alkyl halides is 2. The van der Waals surface area contributed by atoms with Crippen molar-refractivity contribution in [3.8, 4) is 11.3 Å². The smallest absolute Gasteiger partial charge is 0.264 e. The summed E-state index contributed by atoms with van der Waals surface area (Å²) in [7, 11) is 0. The third-order valence-electron chi connectivity index (χ3n) is 6.49. The summed E-state index contributed by atoms with van der Waals surface area (Å²) in [6.07, 6.45) is -2.73. The van der Waals surface area contributed by atoms with Gasteiger partial charge in [0.15, 0.2) is 5.65 Å². The number of aromatic nitrogens is 5. The first-order valence-corrected chi connectivity index (χ1v) is 12.9. The number of nitrogens with zero attached hydrogens (tertiary/aromatic N) is 5. The fraction of sp³-hybridized carbons (Fsp3) is 0.214. The lowest BCUT2D eigenvalue weighted by Gasteiger charge is -2.10. The van der Waals surface area contributed by atoms with Gasteiger partial charge in [-0.25, -0.2) is 18.4 Å². The molecule has 0 aliphatic heterocycles. The molecule has 39 heavy (non-hydrogen) atoms. The molecule has 5 rings (SSSR count). The van der Waals surface area contributed by atoms with Gasteiger partial charge >= 0.3 is 0 Å². The Hall–Kier alpha value is -3.82. The first kappa shape index (κ1) is 26.8. The molecule has 7 nitrogen and oxygen atoms in total. The van der Waals surface area contributed by atoms with Gasteiger partial charge in [-0.2, -0.15) is 10.2 Å². The van der Waals surface area contributed by atoms with Gasteiger partial charge in [0.25, 0.3) is 6.43 Å². The van der Waals surface area contributed by atoms with Crippen LogP contribution in [0.3, 0.4) is 0 Å². The van der Waals surface area contributed by atoms with Crippen LogP contribution in [0.25, 0.3) is 22.3 Å². The zero-order valence-corrected chi connectivity index (χ0v) is 22.9. The van der Waals surface area contributed by atoms with Gasteiger partial charge in [-0.1, -0.05) is 59.6 Å². The number of benzene rings is 2. The molecule has 0 unspecified atom stereocenters. The topological polar surface area (TPSA) is 77.6 Å². The minimum atomic E-state index is -2.73. The molecule has 0 aliphatic rings. The lowest BCUT2D eigenvalue weighted by Crippen LogP contribution is -2.20. The Balaban J connectivity index is 1.44. The zero-order chi connectivity index (χ0) is 27.8. The Labute approximate surface area is 233 Å². The van der Waals surface area contributed by atoms with Gasteiger partial charge in [0, 0.05) is 21.2 Å². The highest BCUT2D eigenvalue weighted by molar-refractivity contribution is 6.35. The van der Waals surface area contributed by atoms with Gasteiger partial charge in [-0.3, -0.25) is 9.48 Å². The molecule has 5 aromatic rings. The maximum Gasteiger partial charge on any atom is 0.264 e. The van der Waals surface area contributed by atoms with Crippen LogP contribution in [0.5, 0.6) is 0 Å². The van der Waals surface area contributed by atoms with Crippen LogP contribution in [0.4, 0.5) is 14.5 Å². The summed E-state index contributed by atoms with van der Waals surface area (Å²) in [6.45, 7) is 5.44. The van der Waals surface area contributed by atoms with Gasteiger partial charge in [-0.15, -0.1) is 0 Å². The second-order valence-electron chi connectivity index (χ2n) is 9.19. The molecule has 0 bridgehead atoms. The van der Waals surface area contributed by atoms with Gasteiger partial charge in [0.2, 0.25) is 5.91 Å². The van der Waals surface area contributed by atoms with E-state index in [-0.39, 0.29) is 29.0 Å². The van der Waals surface area contributed by atoms with E-state index < -0.39 is 6.43 Å². The number of halogens is 4. The summed E-state index contributed by atoms with van der Waals surface area (Å²) < 4.78 is 31.2. The molecule has 0 spiro atoms. The maximum absolute atomic E-state index is 14.1. The molecule has 200 valence electrons. The molecule has 11 heteroatoms. The van der Waals surface area contributed by atoms with E-state index >= 15 is 0 Å². The van der Waals surface area contributed by atoms with Gasteiger partial charge in [0.1, 0.15) is 6.54 Å². The molecule has 3 heterocycles. The number of anilines is 1. The highest BCUT2D eigenvalue weighted by atomic mass is 35.5. The van der Waals surface area contributed by atoms with Crippen molar-refractivity contribution >= 4 is 45.8 Å². The van der Waals surface area contributed by atoms with Gasteiger partial charge < -0.3 is 5.32 Å². The summed E-state index contributed by atoms with van der Waals surface area (Å²) in [5, 5.41) is 13.1. The Morgan fingerprint density at radius 3 is 2.38 bits per heavy atom. The van der Waals surface area contributed by atoms with E-state index in [0.717, 1.165) is 11.3 Å². The van der Waals surface area contributed by atoms with Crippen LogP contribution >= 0.6 is 23.2 Å². The van der Waals surface area contributed by atoms with Crippen molar-refractivity contribution in [2.75, 3.05) is 5.32 Å². The monoisotopic (exact) mass is 568 g/mol. The summed E-state index contributed by atoms with van der Waals surface area (Å²) in [5.74, 6) is -0.389. The SMILES string of the molecule is Cc1nn(Cc2ccc(Cl)cc2Cl)c(C)c1NC(=O)Cn1nc(C)c2c(C(F)F)cc(-c3ccccc3)nc21. The van der Waals surface area contributed by atoms with Gasteiger partial charge in [-0.05, 0) is 44.5 Å². The average molecular weight is 569 g/mol. The van der Waals surface area contributed by atoms with Crippen molar-refractivity contribution in [2.45, 2.75) is 40.3 Å². The van der Waals surface area contributed by atoms with Crippen LogP contribution in [-0.4, -0.2) is 30.5 Å². The zero-order valence-electron chi connectivity index (χ0n) is 21.3. The standard InChI is InChI=1S/C28H24Cl2F2N6O/c1-15-25-21(27(31)32)12-23(18-7-5-4-6-8-18)33-28(25)38(35-15)14-24(39)34-26-16(2)36-37(17(26)3)13-19-9-10-20(29)11-22(19)30/h4-12,27H,13-14H2,1-3H3,(H,34,39). The van der Waals surface area contributed by atoms with Crippen LogP contribution in [-0.2, 0) is 17.9 Å². The van der Waals surface area contributed by atoms with E-state index in [2.05, 4.69) is 20.5 Å². The number of hydrogen-bond donors (Lipinski definition) is 1. The molecule has 0 aliphatic carbocycles. The van der Waals surface area contributed by atoms with Crippen LogP contribution < -0.4 is 5.32 Å². The van der Waals surface area contributed by atoms with Crippen molar-refractivity contribution in [1.82, 2.24) is 24.5 Å². The molecular formula is C28H24Cl2F2N6O. The number of nitrogens with one attached hydrogen (secondary N) is 1. The fourth-order valence-corrected chi connectivity index (χ4v) is 5.05. The number of pyridine rings is 1. The largest absolute Gasteiger partial charge is 0.321 e. The van der Waals surface area contributed by atoms with Crippen molar-refractivity contribution in [3.05, 3.63) is 92.9 Å². The van der Waals surface area contributed by atoms with Crippen LogP contribution in [0, 0.1) is 20.8 Å². The number of aryl methyl sites for hydroxylation is 2. The lowest BCUT2D eigenvalue weighted by atomic mass is 10.1. The second kappa shape index (κ2) is 10.7. The van der Waals surface area contributed by atoms with E-state index in [1.807, 2.05) is 31.2 Å². The summed E-state index contributed by atoms with van der Waals surface area (Å²) in [4.78, 5) is 17.8. The van der Waals surface area contributed by atoms with Crippen LogP contribution in [0.15, 0.2) is 54.6 Å². The third-order valence-corrected chi connectivity index (χ3v) is 7.07. The average Bonchev–Trinajstić information content (AvgIpc) is 3.35. The summed E-state index contributed by atoms with van der Waals surface area (Å²) >= 11 is 12.3. The number of hydrogen-bond acceptors (Lipinski definition) is 4. The highest BCUT2D eigenvalue weighted by Gasteiger charge is 2.23. The van der Waals surface area contributed by atoms with Crippen LogP contribution in [0.1, 0.15) is 34.6 Å². The number of fused-ring (bicyclic) bond motifs is 1. The van der Waals surface area contributed by atoms with E-state index in [1.165, 1.54) is 10.7 Å². The number of amides is 1. The van der Waals surface area contributed by atoms with Crippen LogP contribution in [0.2, 0.25) is 10.0 Å². The molecule has 0 atom stereocenters. The molecule has 3 aromatic heterocycles. The number of carbonyl (C=O) groups excluding carboxylic acids is 1. The Morgan fingerprint density at radius 2 is 1.69 bits per heavy atom. The predicted molar refractivity (Wildman–Crippen MR) is 149 cm³/mol. The quantitative estimate of drug-likeness (QED) is 0.226. The third kappa shape index (κ3) is 5.37. The molecule has 1 amide bonds. The molecule has 2 aromatic carbocycles. The molecular weight excluding hydrogens is 545 g/mol. The maximum atomic E-state index is 14.1. The first-order valence-electron chi connectivity index (χ1n) is 12.1. The van der Waals surface area contributed by atoms with Crippen molar-refractivity contribution in [3.63, 3.8) is 0 Å². The lowest BCUT2D eigenvalue weighted by molar-refractivity contribution is -0.116. The Morgan fingerprint density at radius 1 is 0.974 bits per heavy atom. The van der Waals surface area contributed by atoms with E-state index in [9.17, 15) is 13.6 Å². The molecule has 1 N–H and O–H groups in total. The Kier molecular flexibility index (Phi) is 7.38. The molecule has 0 saturated carbocycles. The van der Waals surface area contributed by atoms with E-state index in [0.29, 0.717) is 44.9 Å². The Bertz CT molecular complexity index is 1700. The van der Waals surface area contributed by atoms with Crippen molar-refractivity contribution in [1.29, 1.82) is 0 Å². The van der Waals surface area contributed by atoms with E-state index in [1.54, 1.807) is 42.8 Å². The minimum absolute atomic E-state index is 0.170. The fourth-order valence-electron chi connectivity index (χ4n) is 4.58. The highest BCUT2D eigenvalue weighted by Crippen LogP contribution is 2.33. The molecule has 0 radical (unpaired) electrons. The summed E-state index contributed by atoms with van der Waals surface area (Å²) in [6, 6.07) is 15.7. The van der Waals surface area contributed by atoms with Crippen molar-refractivity contribution in [2.24, 2.45) is 0 Å². The second-order valence-corrected chi connectivity index (χ2v) is 10.0.